The summed E-state index contributed by atoms with van der Waals surface area (Å²) in [5.74, 6) is 0. The zero-order valence-corrected chi connectivity index (χ0v) is 18.7. The van der Waals surface area contributed by atoms with Crippen molar-refractivity contribution in [3.8, 4) is 5.69 Å². The van der Waals surface area contributed by atoms with E-state index in [2.05, 4.69) is 0 Å². The van der Waals surface area contributed by atoms with Gasteiger partial charge in [-0.05, 0) is 67.3 Å². The van der Waals surface area contributed by atoms with Gasteiger partial charge < -0.3 is 4.42 Å². The van der Waals surface area contributed by atoms with Crippen molar-refractivity contribution >= 4 is 44.3 Å². The van der Waals surface area contributed by atoms with Gasteiger partial charge in [0.2, 0.25) is 0 Å². The summed E-state index contributed by atoms with van der Waals surface area (Å²) in [6.45, 7) is 0. The predicted octanol–water partition coefficient (Wildman–Crippen LogP) is 5.58. The number of hydrogen-bond acceptors (Lipinski definition) is 6. The maximum absolute atomic E-state index is 13.8. The van der Waals surface area contributed by atoms with Gasteiger partial charge in [0.1, 0.15) is 15.3 Å². The van der Waals surface area contributed by atoms with Gasteiger partial charge in [0.05, 0.1) is 11.1 Å². The van der Waals surface area contributed by atoms with E-state index in [-0.39, 0.29) is 5.56 Å². The summed E-state index contributed by atoms with van der Waals surface area (Å²) >= 11 is 2.79. The highest BCUT2D eigenvalue weighted by Crippen LogP contribution is 2.36. The Kier molecular flexibility index (Phi) is 4.73. The van der Waals surface area contributed by atoms with E-state index in [1.54, 1.807) is 28.0 Å². The van der Waals surface area contributed by atoms with Gasteiger partial charge in [-0.3, -0.25) is 9.36 Å². The highest BCUT2D eigenvalue weighted by Gasteiger charge is 2.23. The summed E-state index contributed by atoms with van der Waals surface area (Å²) in [4.78, 5) is 33.8. The Labute approximate surface area is 191 Å². The highest BCUT2D eigenvalue weighted by molar-refractivity contribution is 7.99. The lowest BCUT2D eigenvalue weighted by Crippen LogP contribution is -2.22. The molecule has 0 saturated heterocycles. The number of thiophene rings is 1. The van der Waals surface area contributed by atoms with Crippen molar-refractivity contribution in [2.45, 2.75) is 35.7 Å². The molecule has 5 aromatic rings. The van der Waals surface area contributed by atoms with Crippen LogP contribution in [0.15, 0.2) is 84.7 Å². The smallest absolute Gasteiger partial charge is 0.350 e. The summed E-state index contributed by atoms with van der Waals surface area (Å²) in [7, 11) is 0. The number of aryl methyl sites for hydroxylation is 2. The number of para-hydroxylation sites is 2. The molecule has 1 aliphatic rings. The molecular weight excluding hydrogens is 440 g/mol. The molecule has 0 N–H and O–H groups in total. The number of fused-ring (bicyclic) bond motifs is 4. The van der Waals surface area contributed by atoms with Crippen LogP contribution in [0.25, 0.3) is 26.9 Å². The Balaban J connectivity index is 1.60. The second kappa shape index (κ2) is 7.76. The van der Waals surface area contributed by atoms with Crippen molar-refractivity contribution in [3.63, 3.8) is 0 Å². The largest absolute Gasteiger partial charge is 0.422 e. The third-order valence-electron chi connectivity index (χ3n) is 5.78. The van der Waals surface area contributed by atoms with Gasteiger partial charge in [-0.15, -0.1) is 11.3 Å². The molecule has 0 atom stereocenters. The standard InChI is InChI=1S/C25H18N2O3S2/c28-23-21-17-11-5-7-13-19(17)31-22(21)26-25(27(23)16-9-2-1-3-10-16)32-20-14-15-8-4-6-12-18(15)30-24(20)29/h1-4,6,8-10,12,14H,5,7,11,13H2. The van der Waals surface area contributed by atoms with Crippen molar-refractivity contribution in [1.29, 1.82) is 0 Å². The quantitative estimate of drug-likeness (QED) is 0.261. The fraction of sp³-hybridized carbons (Fsp3) is 0.160. The van der Waals surface area contributed by atoms with E-state index in [0.29, 0.717) is 15.6 Å². The monoisotopic (exact) mass is 458 g/mol. The maximum atomic E-state index is 13.8. The Morgan fingerprint density at radius 3 is 2.62 bits per heavy atom. The average molecular weight is 459 g/mol. The topological polar surface area (TPSA) is 65.1 Å². The zero-order valence-electron chi connectivity index (χ0n) is 17.0. The van der Waals surface area contributed by atoms with Crippen LogP contribution in [-0.2, 0) is 12.8 Å². The number of rotatable bonds is 3. The lowest BCUT2D eigenvalue weighted by molar-refractivity contribution is 0.543. The maximum Gasteiger partial charge on any atom is 0.350 e. The molecule has 0 radical (unpaired) electrons. The van der Waals surface area contributed by atoms with Crippen LogP contribution in [0.5, 0.6) is 0 Å². The molecule has 0 aliphatic heterocycles. The Morgan fingerprint density at radius 1 is 0.969 bits per heavy atom. The number of nitrogens with zero attached hydrogens (tertiary/aromatic N) is 2. The lowest BCUT2D eigenvalue weighted by Gasteiger charge is -2.13. The summed E-state index contributed by atoms with van der Waals surface area (Å²) in [5, 5.41) is 2.02. The summed E-state index contributed by atoms with van der Waals surface area (Å²) in [6, 6.07) is 18.7. The SMILES string of the molecule is O=c1oc2ccccc2cc1Sc1nc2sc3c(c2c(=O)n1-c1ccccc1)CCCC3. The Morgan fingerprint density at radius 2 is 1.75 bits per heavy atom. The minimum absolute atomic E-state index is 0.0757. The van der Waals surface area contributed by atoms with Crippen molar-refractivity contribution < 1.29 is 4.42 Å². The number of benzene rings is 2. The van der Waals surface area contributed by atoms with Crippen molar-refractivity contribution in [3.05, 3.63) is 91.9 Å². The first-order valence-electron chi connectivity index (χ1n) is 10.5. The van der Waals surface area contributed by atoms with Crippen molar-refractivity contribution in [2.75, 3.05) is 0 Å². The van der Waals surface area contributed by atoms with Gasteiger partial charge in [-0.1, -0.05) is 36.4 Å². The fourth-order valence-corrected chi connectivity index (χ4v) is 6.51. The molecule has 7 heteroatoms. The predicted molar refractivity (Wildman–Crippen MR) is 128 cm³/mol. The first-order valence-corrected chi connectivity index (χ1v) is 12.2. The normalized spacial score (nSPS) is 13.5. The molecule has 32 heavy (non-hydrogen) atoms. The fourth-order valence-electron chi connectivity index (χ4n) is 4.27. The minimum Gasteiger partial charge on any atom is -0.422 e. The molecule has 1 aliphatic carbocycles. The summed E-state index contributed by atoms with van der Waals surface area (Å²) in [5.41, 5.74) is 1.91. The molecular formula is C25H18N2O3S2. The number of aromatic nitrogens is 2. The highest BCUT2D eigenvalue weighted by atomic mass is 32.2. The van der Waals surface area contributed by atoms with E-state index in [1.165, 1.54) is 16.6 Å². The molecule has 5 nitrogen and oxygen atoms in total. The number of hydrogen-bond donors (Lipinski definition) is 0. The van der Waals surface area contributed by atoms with Crippen LogP contribution in [0.1, 0.15) is 23.3 Å². The third kappa shape index (κ3) is 3.20. The second-order valence-corrected chi connectivity index (χ2v) is 9.89. The molecule has 0 amide bonds. The molecule has 0 bridgehead atoms. The van der Waals surface area contributed by atoms with Crippen molar-refractivity contribution in [2.24, 2.45) is 0 Å². The van der Waals surface area contributed by atoms with Gasteiger partial charge in [-0.25, -0.2) is 9.78 Å². The lowest BCUT2D eigenvalue weighted by atomic mass is 9.97. The Bertz CT molecular complexity index is 1600. The van der Waals surface area contributed by atoms with Crippen LogP contribution < -0.4 is 11.2 Å². The average Bonchev–Trinajstić information content (AvgIpc) is 3.19. The molecule has 158 valence electrons. The first kappa shape index (κ1) is 19.5. The van der Waals surface area contributed by atoms with Crippen molar-refractivity contribution in [1.82, 2.24) is 9.55 Å². The van der Waals surface area contributed by atoms with Crippen LogP contribution in [-0.4, -0.2) is 9.55 Å². The van der Waals surface area contributed by atoms with E-state index >= 15 is 0 Å². The van der Waals surface area contributed by atoms with Gasteiger partial charge in [-0.2, -0.15) is 0 Å². The molecule has 0 spiro atoms. The molecule has 0 unspecified atom stereocenters. The minimum atomic E-state index is -0.437. The van der Waals surface area contributed by atoms with Gasteiger partial charge in [0.25, 0.3) is 5.56 Å². The molecule has 3 heterocycles. The molecule has 0 fully saturated rings. The molecule has 2 aromatic carbocycles. The van der Waals surface area contributed by atoms with E-state index in [9.17, 15) is 9.59 Å². The van der Waals surface area contributed by atoms with Crippen LogP contribution in [0.4, 0.5) is 0 Å². The van der Waals surface area contributed by atoms with E-state index in [1.807, 2.05) is 48.5 Å². The van der Waals surface area contributed by atoms with Gasteiger partial charge in [0, 0.05) is 10.3 Å². The molecule has 3 aromatic heterocycles. The van der Waals surface area contributed by atoms with Gasteiger partial charge >= 0.3 is 5.63 Å². The first-order chi connectivity index (χ1) is 15.7. The van der Waals surface area contributed by atoms with Gasteiger partial charge in [0.15, 0.2) is 5.16 Å². The van der Waals surface area contributed by atoms with Crippen LogP contribution >= 0.6 is 23.1 Å². The van der Waals surface area contributed by atoms with E-state index in [0.717, 1.165) is 52.5 Å². The molecule has 6 rings (SSSR count). The van der Waals surface area contributed by atoms with E-state index < -0.39 is 5.63 Å². The summed E-state index contributed by atoms with van der Waals surface area (Å²) < 4.78 is 7.13. The summed E-state index contributed by atoms with van der Waals surface area (Å²) in [6.07, 6.45) is 4.16. The van der Waals surface area contributed by atoms with E-state index in [4.69, 9.17) is 9.40 Å². The third-order valence-corrected chi connectivity index (χ3v) is 7.93. The van der Waals surface area contributed by atoms with Crippen LogP contribution in [0.3, 0.4) is 0 Å². The Hall–Kier alpha value is -3.16. The van der Waals surface area contributed by atoms with Crippen LogP contribution in [0.2, 0.25) is 0 Å². The molecule has 0 saturated carbocycles. The van der Waals surface area contributed by atoms with Crippen LogP contribution in [0, 0.1) is 0 Å². The second-order valence-electron chi connectivity index (χ2n) is 7.80. The zero-order chi connectivity index (χ0) is 21.7.